The minimum absolute atomic E-state index is 0.182. The molecule has 0 saturated carbocycles. The van der Waals surface area contributed by atoms with E-state index < -0.39 is 0 Å². The van der Waals surface area contributed by atoms with Crippen molar-refractivity contribution in [1.29, 1.82) is 0 Å². The number of rotatable bonds is 3. The van der Waals surface area contributed by atoms with Crippen LogP contribution in [0.1, 0.15) is 15.9 Å². The number of benzene rings is 2. The molecule has 1 aromatic heterocycles. The summed E-state index contributed by atoms with van der Waals surface area (Å²) < 4.78 is 13.9. The molecule has 116 valence electrons. The summed E-state index contributed by atoms with van der Waals surface area (Å²) in [5.74, 6) is -0.468. The van der Waals surface area contributed by atoms with Crippen LogP contribution in [0.4, 0.5) is 9.52 Å². The van der Waals surface area contributed by atoms with E-state index in [4.69, 9.17) is 0 Å². The van der Waals surface area contributed by atoms with E-state index in [9.17, 15) is 9.18 Å². The molecular weight excluding hydrogens is 426 g/mol. The third kappa shape index (κ3) is 3.59. The lowest BCUT2D eigenvalue weighted by Gasteiger charge is -2.06. The number of amides is 1. The van der Waals surface area contributed by atoms with Crippen molar-refractivity contribution in [1.82, 2.24) is 4.98 Å². The fourth-order valence-electron chi connectivity index (χ4n) is 2.07. The van der Waals surface area contributed by atoms with Crippen LogP contribution in [0.25, 0.3) is 11.3 Å². The van der Waals surface area contributed by atoms with Crippen molar-refractivity contribution >= 4 is 45.0 Å². The Hall–Kier alpha value is -1.80. The van der Waals surface area contributed by atoms with Gasteiger partial charge >= 0.3 is 0 Å². The number of nitrogens with zero attached hydrogens (tertiary/aromatic N) is 1. The molecule has 0 aliphatic carbocycles. The van der Waals surface area contributed by atoms with Crippen LogP contribution in [-0.2, 0) is 0 Å². The second kappa shape index (κ2) is 6.76. The van der Waals surface area contributed by atoms with Gasteiger partial charge in [-0.2, -0.15) is 0 Å². The van der Waals surface area contributed by atoms with Crippen LogP contribution in [0, 0.1) is 16.3 Å². The molecule has 0 atom stereocenters. The fourth-order valence-corrected chi connectivity index (χ4v) is 3.39. The molecular formula is C17H12FIN2OS. The average molecular weight is 438 g/mol. The first-order valence-corrected chi connectivity index (χ1v) is 8.78. The second-order valence-corrected chi connectivity index (χ2v) is 6.87. The highest BCUT2D eigenvalue weighted by Crippen LogP contribution is 2.26. The van der Waals surface area contributed by atoms with Crippen LogP contribution in [-0.4, -0.2) is 10.9 Å². The molecule has 0 radical (unpaired) electrons. The number of nitrogens with one attached hydrogen (secondary N) is 1. The molecule has 3 nitrogen and oxygen atoms in total. The molecule has 1 amide bonds. The van der Waals surface area contributed by atoms with Gasteiger partial charge in [-0.1, -0.05) is 12.1 Å². The van der Waals surface area contributed by atoms with Gasteiger partial charge in [-0.3, -0.25) is 10.1 Å². The SMILES string of the molecule is Cc1cccc(C(=O)Nc2nc(-c3ccc(F)cc3)cs2)c1I. The zero-order chi connectivity index (χ0) is 16.4. The Bertz CT molecular complexity index is 861. The van der Waals surface area contributed by atoms with Crippen molar-refractivity contribution in [2.75, 3.05) is 5.32 Å². The van der Waals surface area contributed by atoms with Gasteiger partial charge in [0.2, 0.25) is 0 Å². The standard InChI is InChI=1S/C17H12FIN2OS/c1-10-3-2-4-13(15(10)19)16(22)21-17-20-14(9-23-17)11-5-7-12(18)8-6-11/h2-9H,1H3,(H,20,21,22). The van der Waals surface area contributed by atoms with Gasteiger partial charge in [0, 0.05) is 14.5 Å². The number of carbonyl (C=O) groups is 1. The van der Waals surface area contributed by atoms with Gasteiger partial charge in [0.05, 0.1) is 11.3 Å². The van der Waals surface area contributed by atoms with Crippen molar-refractivity contribution < 1.29 is 9.18 Å². The number of hydrogen-bond donors (Lipinski definition) is 1. The van der Waals surface area contributed by atoms with E-state index in [2.05, 4.69) is 32.9 Å². The van der Waals surface area contributed by atoms with Gasteiger partial charge < -0.3 is 0 Å². The average Bonchev–Trinajstić information content (AvgIpc) is 2.99. The Morgan fingerprint density at radius 2 is 1.96 bits per heavy atom. The van der Waals surface area contributed by atoms with Gasteiger partial charge in [0.15, 0.2) is 5.13 Å². The number of aromatic nitrogens is 1. The molecule has 3 aromatic rings. The van der Waals surface area contributed by atoms with Crippen LogP contribution in [0.5, 0.6) is 0 Å². The lowest BCUT2D eigenvalue weighted by molar-refractivity contribution is 0.102. The molecule has 2 aromatic carbocycles. The summed E-state index contributed by atoms with van der Waals surface area (Å²) in [7, 11) is 0. The number of anilines is 1. The summed E-state index contributed by atoms with van der Waals surface area (Å²) in [6, 6.07) is 11.7. The molecule has 0 saturated heterocycles. The van der Waals surface area contributed by atoms with Crippen LogP contribution in [0.3, 0.4) is 0 Å². The number of carbonyl (C=O) groups excluding carboxylic acids is 1. The van der Waals surface area contributed by atoms with Crippen LogP contribution >= 0.6 is 33.9 Å². The fraction of sp³-hybridized carbons (Fsp3) is 0.0588. The monoisotopic (exact) mass is 438 g/mol. The van der Waals surface area contributed by atoms with Crippen molar-refractivity contribution in [2.24, 2.45) is 0 Å². The second-order valence-electron chi connectivity index (χ2n) is 4.94. The molecule has 23 heavy (non-hydrogen) atoms. The Kier molecular flexibility index (Phi) is 4.72. The molecule has 1 heterocycles. The number of hydrogen-bond acceptors (Lipinski definition) is 3. The third-order valence-electron chi connectivity index (χ3n) is 3.30. The van der Waals surface area contributed by atoms with E-state index in [1.165, 1.54) is 23.5 Å². The zero-order valence-corrected chi connectivity index (χ0v) is 15.1. The summed E-state index contributed by atoms with van der Waals surface area (Å²) in [4.78, 5) is 16.8. The molecule has 0 spiro atoms. The summed E-state index contributed by atoms with van der Waals surface area (Å²) in [6.07, 6.45) is 0. The minimum atomic E-state index is -0.286. The van der Waals surface area contributed by atoms with E-state index in [1.807, 2.05) is 24.4 Å². The first kappa shape index (κ1) is 16.1. The normalized spacial score (nSPS) is 10.6. The first-order valence-electron chi connectivity index (χ1n) is 6.82. The quantitative estimate of drug-likeness (QED) is 0.578. The molecule has 3 rings (SSSR count). The van der Waals surface area contributed by atoms with Crippen molar-refractivity contribution in [3.05, 3.63) is 68.4 Å². The van der Waals surface area contributed by atoms with E-state index in [-0.39, 0.29) is 11.7 Å². The van der Waals surface area contributed by atoms with Crippen LogP contribution in [0.15, 0.2) is 47.8 Å². The van der Waals surface area contributed by atoms with Gasteiger partial charge in [-0.15, -0.1) is 11.3 Å². The van der Waals surface area contributed by atoms with Gasteiger partial charge in [-0.05, 0) is 65.4 Å². The number of aryl methyl sites for hydroxylation is 1. The highest BCUT2D eigenvalue weighted by Gasteiger charge is 2.13. The maximum Gasteiger partial charge on any atom is 0.258 e. The highest BCUT2D eigenvalue weighted by atomic mass is 127. The molecule has 6 heteroatoms. The summed E-state index contributed by atoms with van der Waals surface area (Å²) in [6.45, 7) is 1.97. The van der Waals surface area contributed by atoms with Crippen molar-refractivity contribution in [3.8, 4) is 11.3 Å². The van der Waals surface area contributed by atoms with Crippen LogP contribution < -0.4 is 5.32 Å². The molecule has 0 unspecified atom stereocenters. The Balaban J connectivity index is 1.80. The third-order valence-corrected chi connectivity index (χ3v) is 5.49. The summed E-state index contributed by atoms with van der Waals surface area (Å²) in [5.41, 5.74) is 3.21. The molecule has 1 N–H and O–H groups in total. The Labute approximate surface area is 150 Å². The van der Waals surface area contributed by atoms with E-state index in [0.717, 1.165) is 14.7 Å². The van der Waals surface area contributed by atoms with Crippen LogP contribution in [0.2, 0.25) is 0 Å². The lowest BCUT2D eigenvalue weighted by Crippen LogP contribution is -2.13. The van der Waals surface area contributed by atoms with Gasteiger partial charge in [0.25, 0.3) is 5.91 Å². The topological polar surface area (TPSA) is 42.0 Å². The number of thiazole rings is 1. The molecule has 0 fully saturated rings. The zero-order valence-electron chi connectivity index (χ0n) is 12.1. The van der Waals surface area contributed by atoms with Crippen molar-refractivity contribution in [3.63, 3.8) is 0 Å². The molecule has 0 aliphatic heterocycles. The maximum absolute atomic E-state index is 13.0. The lowest BCUT2D eigenvalue weighted by atomic mass is 10.1. The number of halogens is 2. The highest BCUT2D eigenvalue weighted by molar-refractivity contribution is 14.1. The summed E-state index contributed by atoms with van der Waals surface area (Å²) >= 11 is 3.51. The Morgan fingerprint density at radius 3 is 2.70 bits per heavy atom. The molecule has 0 aliphatic rings. The van der Waals surface area contributed by atoms with E-state index >= 15 is 0 Å². The van der Waals surface area contributed by atoms with E-state index in [0.29, 0.717) is 16.4 Å². The van der Waals surface area contributed by atoms with Gasteiger partial charge in [0.1, 0.15) is 5.82 Å². The summed E-state index contributed by atoms with van der Waals surface area (Å²) in [5, 5.41) is 5.17. The predicted octanol–water partition coefficient (Wildman–Crippen LogP) is 5.11. The van der Waals surface area contributed by atoms with E-state index in [1.54, 1.807) is 18.2 Å². The largest absolute Gasteiger partial charge is 0.298 e. The van der Waals surface area contributed by atoms with Gasteiger partial charge in [-0.25, -0.2) is 9.37 Å². The molecule has 0 bridgehead atoms. The van der Waals surface area contributed by atoms with Crippen molar-refractivity contribution in [2.45, 2.75) is 6.92 Å². The smallest absolute Gasteiger partial charge is 0.258 e. The first-order chi connectivity index (χ1) is 11.0. The minimum Gasteiger partial charge on any atom is -0.298 e. The maximum atomic E-state index is 13.0. The predicted molar refractivity (Wildman–Crippen MR) is 99.4 cm³/mol. The Morgan fingerprint density at radius 1 is 1.22 bits per heavy atom.